The molecule has 1 rings (SSSR count). The molecule has 0 aromatic heterocycles. The van der Waals surface area contributed by atoms with Gasteiger partial charge in [-0.2, -0.15) is 4.72 Å². The Bertz CT molecular complexity index is 471. The summed E-state index contributed by atoms with van der Waals surface area (Å²) in [6.45, 7) is -0.235. The molecule has 0 aliphatic heterocycles. The largest absolute Gasteiger partial charge is 0.480 e. The van der Waals surface area contributed by atoms with Crippen molar-refractivity contribution < 1.29 is 23.1 Å². The summed E-state index contributed by atoms with van der Waals surface area (Å²) in [5.74, 6) is -1.29. The molecular weight excluding hydrogens is 246 g/mol. The minimum absolute atomic E-state index is 0.0161. The Morgan fingerprint density at radius 3 is 2.47 bits per heavy atom. The highest BCUT2D eigenvalue weighted by Gasteiger charge is 2.24. The number of carboxylic acid groups (broad SMARTS) is 1. The minimum Gasteiger partial charge on any atom is -0.480 e. The second-order valence-corrected chi connectivity index (χ2v) is 4.99. The first-order chi connectivity index (χ1) is 7.97. The van der Waals surface area contributed by atoms with Crippen molar-refractivity contribution in [3.05, 3.63) is 30.3 Å². The molecular formula is C10H13NO5S. The van der Waals surface area contributed by atoms with Crippen LogP contribution in [0.2, 0.25) is 0 Å². The molecule has 1 aromatic rings. The highest BCUT2D eigenvalue weighted by Crippen LogP contribution is 2.08. The molecule has 1 aromatic carbocycles. The molecule has 0 amide bonds. The molecule has 0 aliphatic carbocycles. The average molecular weight is 259 g/mol. The van der Waals surface area contributed by atoms with E-state index in [1.165, 1.54) is 19.2 Å². The summed E-state index contributed by atoms with van der Waals surface area (Å²) >= 11 is 0. The number of hydrogen-bond donors (Lipinski definition) is 2. The number of aliphatic carboxylic acids is 1. The number of rotatable bonds is 6. The maximum Gasteiger partial charge on any atom is 0.324 e. The average Bonchev–Trinajstić information content (AvgIpc) is 2.29. The molecule has 6 nitrogen and oxygen atoms in total. The maximum absolute atomic E-state index is 11.8. The Hall–Kier alpha value is -1.44. The number of carbonyl (C=O) groups is 1. The lowest BCUT2D eigenvalue weighted by Crippen LogP contribution is -2.43. The molecule has 1 unspecified atom stereocenters. The number of ether oxygens (including phenoxy) is 1. The van der Waals surface area contributed by atoms with Crippen molar-refractivity contribution >= 4 is 16.0 Å². The van der Waals surface area contributed by atoms with Crippen LogP contribution in [0.4, 0.5) is 0 Å². The van der Waals surface area contributed by atoms with Crippen molar-refractivity contribution in [1.29, 1.82) is 0 Å². The molecule has 0 saturated carbocycles. The Labute approximate surface area is 99.3 Å². The molecule has 17 heavy (non-hydrogen) atoms. The van der Waals surface area contributed by atoms with E-state index in [4.69, 9.17) is 5.11 Å². The summed E-state index contributed by atoms with van der Waals surface area (Å²) in [6, 6.07) is 6.25. The van der Waals surface area contributed by atoms with Crippen molar-refractivity contribution in [3.63, 3.8) is 0 Å². The number of nitrogens with one attached hydrogen (secondary N) is 1. The van der Waals surface area contributed by atoms with Crippen molar-refractivity contribution in [2.45, 2.75) is 10.9 Å². The van der Waals surface area contributed by atoms with Gasteiger partial charge in [-0.15, -0.1) is 0 Å². The first kappa shape index (κ1) is 13.6. The normalized spacial score (nSPS) is 13.2. The summed E-state index contributed by atoms with van der Waals surface area (Å²) in [5, 5.41) is 8.81. The van der Waals surface area contributed by atoms with E-state index < -0.39 is 22.0 Å². The van der Waals surface area contributed by atoms with Crippen LogP contribution in [0.5, 0.6) is 0 Å². The molecule has 0 spiro atoms. The van der Waals surface area contributed by atoms with E-state index in [1.807, 2.05) is 0 Å². The van der Waals surface area contributed by atoms with Gasteiger partial charge in [0.2, 0.25) is 10.0 Å². The highest BCUT2D eigenvalue weighted by molar-refractivity contribution is 7.89. The zero-order valence-corrected chi connectivity index (χ0v) is 9.98. The molecule has 0 aliphatic rings. The molecule has 2 N–H and O–H groups in total. The number of sulfonamides is 1. The first-order valence-electron chi connectivity index (χ1n) is 4.76. The predicted molar refractivity (Wildman–Crippen MR) is 60.1 cm³/mol. The SMILES string of the molecule is COCC(NS(=O)(=O)c1ccccc1)C(=O)O. The van der Waals surface area contributed by atoms with Crippen LogP contribution in [0.25, 0.3) is 0 Å². The Morgan fingerprint density at radius 1 is 1.41 bits per heavy atom. The minimum atomic E-state index is -3.84. The summed E-state index contributed by atoms with van der Waals surface area (Å²) in [5.41, 5.74) is 0. The summed E-state index contributed by atoms with van der Waals surface area (Å²) in [4.78, 5) is 10.8. The third-order valence-corrected chi connectivity index (χ3v) is 3.47. The van der Waals surface area contributed by atoms with Gasteiger partial charge in [0.05, 0.1) is 11.5 Å². The number of benzene rings is 1. The zero-order chi connectivity index (χ0) is 12.9. The third kappa shape index (κ3) is 3.81. The van der Waals surface area contributed by atoms with Crippen LogP contribution in [-0.4, -0.2) is 39.3 Å². The maximum atomic E-state index is 11.8. The van der Waals surface area contributed by atoms with Crippen LogP contribution < -0.4 is 4.72 Å². The summed E-state index contributed by atoms with van der Waals surface area (Å²) in [7, 11) is -2.54. The molecule has 94 valence electrons. The summed E-state index contributed by atoms with van der Waals surface area (Å²) in [6.07, 6.45) is 0. The Morgan fingerprint density at radius 2 is 2.00 bits per heavy atom. The van der Waals surface area contributed by atoms with E-state index in [1.54, 1.807) is 18.2 Å². The van der Waals surface area contributed by atoms with Gasteiger partial charge in [0, 0.05) is 7.11 Å². The molecule has 0 heterocycles. The quantitative estimate of drug-likeness (QED) is 0.754. The van der Waals surface area contributed by atoms with Gasteiger partial charge < -0.3 is 9.84 Å². The Kier molecular flexibility index (Phi) is 4.62. The second-order valence-electron chi connectivity index (χ2n) is 3.28. The number of hydrogen-bond acceptors (Lipinski definition) is 4. The molecule has 0 fully saturated rings. The first-order valence-corrected chi connectivity index (χ1v) is 6.25. The topological polar surface area (TPSA) is 92.7 Å². The van der Waals surface area contributed by atoms with Crippen molar-refractivity contribution in [1.82, 2.24) is 4.72 Å². The van der Waals surface area contributed by atoms with Gasteiger partial charge in [0.15, 0.2) is 0 Å². The molecule has 0 saturated heterocycles. The van der Waals surface area contributed by atoms with Gasteiger partial charge in [-0.05, 0) is 12.1 Å². The number of carboxylic acids is 1. The van der Waals surface area contributed by atoms with E-state index in [9.17, 15) is 13.2 Å². The van der Waals surface area contributed by atoms with Gasteiger partial charge in [0.1, 0.15) is 6.04 Å². The van der Waals surface area contributed by atoms with E-state index >= 15 is 0 Å². The second kappa shape index (κ2) is 5.76. The van der Waals surface area contributed by atoms with Crippen molar-refractivity contribution in [3.8, 4) is 0 Å². The molecule has 0 radical (unpaired) electrons. The van der Waals surface area contributed by atoms with Crippen LogP contribution >= 0.6 is 0 Å². The fourth-order valence-electron chi connectivity index (χ4n) is 1.18. The molecule has 0 bridgehead atoms. The number of methoxy groups -OCH3 is 1. The lowest BCUT2D eigenvalue weighted by molar-refractivity contribution is -0.140. The fraction of sp³-hybridized carbons (Fsp3) is 0.300. The highest BCUT2D eigenvalue weighted by atomic mass is 32.2. The lowest BCUT2D eigenvalue weighted by atomic mass is 10.3. The Balaban J connectivity index is 2.89. The predicted octanol–water partition coefficient (Wildman–Crippen LogP) is 0.0645. The monoisotopic (exact) mass is 259 g/mol. The standard InChI is InChI=1S/C10H13NO5S/c1-16-7-9(10(12)13)11-17(14,15)8-5-3-2-4-6-8/h2-6,9,11H,7H2,1H3,(H,12,13). The smallest absolute Gasteiger partial charge is 0.324 e. The third-order valence-electron chi connectivity index (χ3n) is 1.98. The van der Waals surface area contributed by atoms with Crippen LogP contribution in [-0.2, 0) is 19.6 Å². The van der Waals surface area contributed by atoms with Gasteiger partial charge >= 0.3 is 5.97 Å². The van der Waals surface area contributed by atoms with Crippen LogP contribution in [0.15, 0.2) is 35.2 Å². The van der Waals surface area contributed by atoms with Gasteiger partial charge in [0.25, 0.3) is 0 Å². The molecule has 7 heteroatoms. The fourth-order valence-corrected chi connectivity index (χ4v) is 2.37. The van der Waals surface area contributed by atoms with Crippen LogP contribution in [0.3, 0.4) is 0 Å². The van der Waals surface area contributed by atoms with Gasteiger partial charge in [-0.25, -0.2) is 8.42 Å². The lowest BCUT2D eigenvalue weighted by Gasteiger charge is -2.13. The van der Waals surface area contributed by atoms with Gasteiger partial charge in [-0.1, -0.05) is 18.2 Å². The van der Waals surface area contributed by atoms with E-state index in [-0.39, 0.29) is 11.5 Å². The van der Waals surface area contributed by atoms with Crippen LogP contribution in [0.1, 0.15) is 0 Å². The van der Waals surface area contributed by atoms with E-state index in [0.29, 0.717) is 0 Å². The van der Waals surface area contributed by atoms with E-state index in [2.05, 4.69) is 9.46 Å². The van der Waals surface area contributed by atoms with E-state index in [0.717, 1.165) is 0 Å². The molecule has 1 atom stereocenters. The van der Waals surface area contributed by atoms with Crippen molar-refractivity contribution in [2.75, 3.05) is 13.7 Å². The van der Waals surface area contributed by atoms with Gasteiger partial charge in [-0.3, -0.25) is 4.79 Å². The zero-order valence-electron chi connectivity index (χ0n) is 9.16. The van der Waals surface area contributed by atoms with Crippen LogP contribution in [0, 0.1) is 0 Å². The van der Waals surface area contributed by atoms with Crippen molar-refractivity contribution in [2.24, 2.45) is 0 Å². The summed E-state index contributed by atoms with van der Waals surface area (Å²) < 4.78 is 30.3.